The molecule has 0 unspecified atom stereocenters. The Morgan fingerprint density at radius 2 is 1.77 bits per heavy atom. The highest BCUT2D eigenvalue weighted by molar-refractivity contribution is 6.08. The minimum atomic E-state index is -0.267. The molecule has 1 aromatic heterocycles. The Kier molecular flexibility index (Phi) is 4.50. The second kappa shape index (κ2) is 7.21. The van der Waals surface area contributed by atoms with Crippen molar-refractivity contribution in [3.63, 3.8) is 0 Å². The molecule has 4 nitrogen and oxygen atoms in total. The molecule has 4 aromatic rings. The molecule has 1 aliphatic heterocycles. The first-order chi connectivity index (χ1) is 14.6. The van der Waals surface area contributed by atoms with Gasteiger partial charge in [0.1, 0.15) is 16.9 Å². The van der Waals surface area contributed by atoms with E-state index in [-0.39, 0.29) is 17.6 Å². The topological polar surface area (TPSA) is 51.5 Å². The van der Waals surface area contributed by atoms with Crippen LogP contribution >= 0.6 is 0 Å². The maximum absolute atomic E-state index is 13.2. The Hall–Kier alpha value is -3.27. The number of fused-ring (bicyclic) bond motifs is 4. The number of furan rings is 1. The average Bonchev–Trinajstić information content (AvgIpc) is 3.24. The van der Waals surface area contributed by atoms with Crippen molar-refractivity contribution < 1.29 is 13.9 Å². The van der Waals surface area contributed by atoms with E-state index in [1.54, 1.807) is 0 Å². The van der Waals surface area contributed by atoms with E-state index in [4.69, 9.17) is 9.15 Å². The van der Waals surface area contributed by atoms with E-state index in [1.165, 1.54) is 0 Å². The Balaban J connectivity index is 1.49. The minimum absolute atomic E-state index is 0.118. The van der Waals surface area contributed by atoms with Crippen LogP contribution in [-0.4, -0.2) is 11.5 Å². The van der Waals surface area contributed by atoms with E-state index < -0.39 is 0 Å². The number of hydrogen-bond acceptors (Lipinski definition) is 3. The van der Waals surface area contributed by atoms with Crippen LogP contribution in [-0.2, 0) is 0 Å². The molecule has 3 aromatic carbocycles. The van der Waals surface area contributed by atoms with Gasteiger partial charge in [0, 0.05) is 17.4 Å². The zero-order valence-corrected chi connectivity index (χ0v) is 17.3. The van der Waals surface area contributed by atoms with Crippen LogP contribution in [0.3, 0.4) is 0 Å². The van der Waals surface area contributed by atoms with E-state index >= 15 is 0 Å². The normalized spacial score (nSPS) is 17.5. The van der Waals surface area contributed by atoms with E-state index in [2.05, 4.69) is 31.3 Å². The summed E-state index contributed by atoms with van der Waals surface area (Å²) in [7, 11) is 0. The molecule has 0 spiro atoms. The highest BCUT2D eigenvalue weighted by atomic mass is 16.5. The third-order valence-corrected chi connectivity index (χ3v) is 6.44. The van der Waals surface area contributed by atoms with Crippen molar-refractivity contribution in [1.29, 1.82) is 0 Å². The summed E-state index contributed by atoms with van der Waals surface area (Å²) in [5.74, 6) is 0.996. The lowest BCUT2D eigenvalue weighted by molar-refractivity contribution is 0.0225. The number of amides is 1. The lowest BCUT2D eigenvalue weighted by Gasteiger charge is -2.41. The Labute approximate surface area is 175 Å². The molecule has 2 heterocycles. The highest BCUT2D eigenvalue weighted by Crippen LogP contribution is 2.42. The molecule has 1 atom stereocenters. The van der Waals surface area contributed by atoms with Crippen molar-refractivity contribution in [3.8, 4) is 5.75 Å². The zero-order chi connectivity index (χ0) is 20.7. The van der Waals surface area contributed by atoms with Gasteiger partial charge in [-0.25, -0.2) is 0 Å². The number of carbonyl (C=O) groups is 1. The second-order valence-corrected chi connectivity index (χ2v) is 8.07. The number of carbonyl (C=O) groups excluding carboxylic acids is 1. The molecule has 1 N–H and O–H groups in total. The van der Waals surface area contributed by atoms with Gasteiger partial charge in [0.05, 0.1) is 6.04 Å². The van der Waals surface area contributed by atoms with Crippen LogP contribution in [0.2, 0.25) is 0 Å². The SMILES string of the molecule is CCC1(CC)C[C@H](NC(=O)c2cc3c(ccc4ccccc43)o2)c2ccccc2O1. The second-order valence-electron chi connectivity index (χ2n) is 8.07. The quantitative estimate of drug-likeness (QED) is 0.432. The number of nitrogens with one attached hydrogen (secondary N) is 1. The monoisotopic (exact) mass is 399 g/mol. The smallest absolute Gasteiger partial charge is 0.287 e. The lowest BCUT2D eigenvalue weighted by Crippen LogP contribution is -2.44. The van der Waals surface area contributed by atoms with Gasteiger partial charge in [-0.15, -0.1) is 0 Å². The van der Waals surface area contributed by atoms with Crippen molar-refractivity contribution in [1.82, 2.24) is 5.32 Å². The molecule has 4 heteroatoms. The number of rotatable bonds is 4. The van der Waals surface area contributed by atoms with Gasteiger partial charge in [0.25, 0.3) is 5.91 Å². The fourth-order valence-corrected chi connectivity index (χ4v) is 4.56. The van der Waals surface area contributed by atoms with Crippen LogP contribution in [0.4, 0.5) is 0 Å². The van der Waals surface area contributed by atoms with Crippen molar-refractivity contribution >= 4 is 27.6 Å². The fraction of sp³-hybridized carbons (Fsp3) is 0.269. The molecule has 0 aliphatic carbocycles. The first kappa shape index (κ1) is 18.7. The van der Waals surface area contributed by atoms with Gasteiger partial charge in [-0.2, -0.15) is 0 Å². The largest absolute Gasteiger partial charge is 0.487 e. The van der Waals surface area contributed by atoms with Crippen molar-refractivity contribution in [2.45, 2.75) is 44.8 Å². The number of ether oxygens (including phenoxy) is 1. The van der Waals surface area contributed by atoms with Gasteiger partial charge in [-0.3, -0.25) is 4.79 Å². The van der Waals surface area contributed by atoms with Gasteiger partial charge >= 0.3 is 0 Å². The van der Waals surface area contributed by atoms with Gasteiger partial charge < -0.3 is 14.5 Å². The lowest BCUT2D eigenvalue weighted by atomic mass is 9.83. The van der Waals surface area contributed by atoms with Crippen LogP contribution in [0, 0.1) is 0 Å². The van der Waals surface area contributed by atoms with Crippen LogP contribution in [0.5, 0.6) is 5.75 Å². The predicted molar refractivity (Wildman–Crippen MR) is 119 cm³/mol. The van der Waals surface area contributed by atoms with Crippen molar-refractivity contribution in [2.24, 2.45) is 0 Å². The standard InChI is InChI=1S/C26H25NO3/c1-3-26(4-2)16-21(19-11-7-8-12-23(19)30-26)27-25(28)24-15-20-18-10-6-5-9-17(18)13-14-22(20)29-24/h5-15,21H,3-4,16H2,1-2H3,(H,27,28)/t21-/m0/s1. The molecule has 152 valence electrons. The molecule has 1 amide bonds. The molecule has 0 radical (unpaired) electrons. The summed E-state index contributed by atoms with van der Waals surface area (Å²) in [5, 5.41) is 6.39. The third kappa shape index (κ3) is 3.04. The Morgan fingerprint density at radius 1 is 1.00 bits per heavy atom. The number of hydrogen-bond donors (Lipinski definition) is 1. The first-order valence-electron chi connectivity index (χ1n) is 10.6. The summed E-state index contributed by atoms with van der Waals surface area (Å²) in [5.41, 5.74) is 1.48. The molecular formula is C26H25NO3. The number of para-hydroxylation sites is 1. The summed E-state index contributed by atoms with van der Waals surface area (Å²) in [6, 6.07) is 21.8. The summed E-state index contributed by atoms with van der Waals surface area (Å²) in [4.78, 5) is 13.2. The van der Waals surface area contributed by atoms with Crippen LogP contribution < -0.4 is 10.1 Å². The van der Waals surface area contributed by atoms with Crippen LogP contribution in [0.15, 0.2) is 71.1 Å². The van der Waals surface area contributed by atoms with Crippen LogP contribution in [0.1, 0.15) is 55.3 Å². The van der Waals surface area contributed by atoms with E-state index in [1.807, 2.05) is 54.6 Å². The molecule has 5 rings (SSSR count). The zero-order valence-electron chi connectivity index (χ0n) is 17.3. The summed E-state index contributed by atoms with van der Waals surface area (Å²) in [6.07, 6.45) is 2.52. The van der Waals surface area contributed by atoms with Crippen molar-refractivity contribution in [3.05, 3.63) is 78.1 Å². The molecule has 0 saturated carbocycles. The molecule has 0 saturated heterocycles. The third-order valence-electron chi connectivity index (χ3n) is 6.44. The molecule has 0 bridgehead atoms. The summed E-state index contributed by atoms with van der Waals surface area (Å²) >= 11 is 0. The van der Waals surface area contributed by atoms with Crippen molar-refractivity contribution in [2.75, 3.05) is 0 Å². The van der Waals surface area contributed by atoms with Gasteiger partial charge in [-0.05, 0) is 41.8 Å². The molecule has 0 fully saturated rings. The van der Waals surface area contributed by atoms with Crippen LogP contribution in [0.25, 0.3) is 21.7 Å². The maximum Gasteiger partial charge on any atom is 0.287 e. The predicted octanol–water partition coefficient (Wildman–Crippen LogP) is 6.40. The average molecular weight is 399 g/mol. The number of benzene rings is 3. The maximum atomic E-state index is 13.2. The molecule has 1 aliphatic rings. The summed E-state index contributed by atoms with van der Waals surface area (Å²) < 4.78 is 12.3. The van der Waals surface area contributed by atoms with E-state index in [0.717, 1.165) is 52.3 Å². The first-order valence-corrected chi connectivity index (χ1v) is 10.6. The summed E-state index contributed by atoms with van der Waals surface area (Å²) in [6.45, 7) is 4.28. The Bertz CT molecular complexity index is 1240. The van der Waals surface area contributed by atoms with E-state index in [9.17, 15) is 4.79 Å². The molecular weight excluding hydrogens is 374 g/mol. The minimum Gasteiger partial charge on any atom is -0.487 e. The van der Waals surface area contributed by atoms with Gasteiger partial charge in [0.2, 0.25) is 0 Å². The van der Waals surface area contributed by atoms with Gasteiger partial charge in [-0.1, -0.05) is 62.4 Å². The van der Waals surface area contributed by atoms with E-state index in [0.29, 0.717) is 5.76 Å². The van der Waals surface area contributed by atoms with Gasteiger partial charge in [0.15, 0.2) is 5.76 Å². The Morgan fingerprint density at radius 3 is 2.60 bits per heavy atom. The molecule has 30 heavy (non-hydrogen) atoms. The fourth-order valence-electron chi connectivity index (χ4n) is 4.56. The highest BCUT2D eigenvalue weighted by Gasteiger charge is 2.39.